The van der Waals surface area contributed by atoms with Crippen LogP contribution >= 0.6 is 0 Å². The maximum absolute atomic E-state index is 12.3. The number of aromatic nitrogens is 4. The van der Waals surface area contributed by atoms with E-state index in [-0.39, 0.29) is 18.2 Å². The predicted molar refractivity (Wildman–Crippen MR) is 110 cm³/mol. The standard InChI is InChI=1S/C20H32N6O2/c1-7-15-23-17(16-18(24-15)26(12-21-16)13(2)3)22-14-8-10-25(11-9-14)19(27)28-20(4,5)6/h12-14H,7-11H2,1-6H3,(H,22,23,24). The van der Waals surface area contributed by atoms with E-state index in [9.17, 15) is 4.79 Å². The molecule has 1 N–H and O–H groups in total. The van der Waals surface area contributed by atoms with Crippen molar-refractivity contribution in [2.24, 2.45) is 0 Å². The van der Waals surface area contributed by atoms with Crippen molar-refractivity contribution in [1.82, 2.24) is 24.4 Å². The van der Waals surface area contributed by atoms with Crippen LogP contribution < -0.4 is 5.32 Å². The zero-order valence-electron chi connectivity index (χ0n) is 17.8. The van der Waals surface area contributed by atoms with Gasteiger partial charge in [0.25, 0.3) is 0 Å². The van der Waals surface area contributed by atoms with Crippen molar-refractivity contribution in [1.29, 1.82) is 0 Å². The molecule has 28 heavy (non-hydrogen) atoms. The minimum atomic E-state index is -0.468. The minimum Gasteiger partial charge on any atom is -0.444 e. The highest BCUT2D eigenvalue weighted by molar-refractivity contribution is 5.83. The number of hydrogen-bond donors (Lipinski definition) is 1. The number of rotatable bonds is 4. The molecule has 8 heteroatoms. The Morgan fingerprint density at radius 2 is 1.96 bits per heavy atom. The molecule has 0 saturated carbocycles. The quantitative estimate of drug-likeness (QED) is 0.858. The Morgan fingerprint density at radius 1 is 1.29 bits per heavy atom. The van der Waals surface area contributed by atoms with Gasteiger partial charge < -0.3 is 19.5 Å². The number of imidazole rings is 1. The number of aryl methyl sites for hydroxylation is 1. The topological polar surface area (TPSA) is 85.2 Å². The molecular weight excluding hydrogens is 356 g/mol. The lowest BCUT2D eigenvalue weighted by Crippen LogP contribution is -2.44. The van der Waals surface area contributed by atoms with E-state index in [1.54, 1.807) is 4.90 Å². The molecule has 154 valence electrons. The number of nitrogens with zero attached hydrogens (tertiary/aromatic N) is 5. The van der Waals surface area contributed by atoms with Crippen LogP contribution in [0.5, 0.6) is 0 Å². The van der Waals surface area contributed by atoms with E-state index in [4.69, 9.17) is 4.74 Å². The van der Waals surface area contributed by atoms with Crippen molar-refractivity contribution in [3.63, 3.8) is 0 Å². The van der Waals surface area contributed by atoms with E-state index in [0.29, 0.717) is 13.1 Å². The Labute approximate surface area is 166 Å². The van der Waals surface area contributed by atoms with Crippen molar-refractivity contribution in [3.8, 4) is 0 Å². The summed E-state index contributed by atoms with van der Waals surface area (Å²) < 4.78 is 7.55. The van der Waals surface area contributed by atoms with Gasteiger partial charge in [-0.05, 0) is 47.5 Å². The lowest BCUT2D eigenvalue weighted by molar-refractivity contribution is 0.0210. The summed E-state index contributed by atoms with van der Waals surface area (Å²) in [5.41, 5.74) is 1.21. The highest BCUT2D eigenvalue weighted by atomic mass is 16.6. The number of likely N-dealkylation sites (tertiary alicyclic amines) is 1. The Hall–Kier alpha value is -2.38. The summed E-state index contributed by atoms with van der Waals surface area (Å²) in [5.74, 6) is 1.60. The molecule has 8 nitrogen and oxygen atoms in total. The summed E-state index contributed by atoms with van der Waals surface area (Å²) in [6.07, 6.45) is 4.05. The molecule has 1 aliphatic heterocycles. The van der Waals surface area contributed by atoms with Gasteiger partial charge in [-0.1, -0.05) is 6.92 Å². The average Bonchev–Trinajstić information content (AvgIpc) is 3.05. The van der Waals surface area contributed by atoms with Crippen molar-refractivity contribution < 1.29 is 9.53 Å². The monoisotopic (exact) mass is 388 g/mol. The van der Waals surface area contributed by atoms with Gasteiger partial charge >= 0.3 is 6.09 Å². The van der Waals surface area contributed by atoms with Gasteiger partial charge in [0, 0.05) is 31.6 Å². The van der Waals surface area contributed by atoms with E-state index >= 15 is 0 Å². The van der Waals surface area contributed by atoms with Gasteiger partial charge in [-0.3, -0.25) is 0 Å². The zero-order valence-corrected chi connectivity index (χ0v) is 17.8. The number of carbonyl (C=O) groups is 1. The molecule has 2 aromatic heterocycles. The normalized spacial score (nSPS) is 16.0. The minimum absolute atomic E-state index is 0.237. The summed E-state index contributed by atoms with van der Waals surface area (Å²) in [6.45, 7) is 13.3. The molecule has 0 aromatic carbocycles. The predicted octanol–water partition coefficient (Wildman–Crippen LogP) is 3.78. The largest absolute Gasteiger partial charge is 0.444 e. The van der Waals surface area contributed by atoms with Gasteiger partial charge in [0.1, 0.15) is 16.9 Å². The second kappa shape index (κ2) is 7.93. The highest BCUT2D eigenvalue weighted by Gasteiger charge is 2.27. The molecule has 3 heterocycles. The van der Waals surface area contributed by atoms with Gasteiger partial charge in [0.05, 0.1) is 6.33 Å². The summed E-state index contributed by atoms with van der Waals surface area (Å²) in [5, 5.41) is 3.55. The fourth-order valence-electron chi connectivity index (χ4n) is 3.32. The number of amides is 1. The Bertz CT molecular complexity index is 831. The molecule has 0 atom stereocenters. The lowest BCUT2D eigenvalue weighted by atomic mass is 10.1. The molecule has 0 spiro atoms. The van der Waals surface area contributed by atoms with E-state index < -0.39 is 5.60 Å². The van der Waals surface area contributed by atoms with Crippen molar-refractivity contribution >= 4 is 23.1 Å². The highest BCUT2D eigenvalue weighted by Crippen LogP contribution is 2.25. The molecule has 2 aromatic rings. The molecular formula is C20H32N6O2. The number of fused-ring (bicyclic) bond motifs is 1. The van der Waals surface area contributed by atoms with Crippen molar-refractivity contribution in [2.75, 3.05) is 18.4 Å². The zero-order chi connectivity index (χ0) is 20.5. The molecule has 1 amide bonds. The van der Waals surface area contributed by atoms with Gasteiger partial charge in [0.15, 0.2) is 11.5 Å². The third kappa shape index (κ3) is 4.54. The van der Waals surface area contributed by atoms with Crippen LogP contribution in [-0.4, -0.2) is 55.2 Å². The van der Waals surface area contributed by atoms with Crippen LogP contribution in [0.1, 0.15) is 66.3 Å². The van der Waals surface area contributed by atoms with Gasteiger partial charge in [-0.2, -0.15) is 0 Å². The molecule has 0 unspecified atom stereocenters. The molecule has 1 fully saturated rings. The second-order valence-electron chi connectivity index (χ2n) is 8.65. The van der Waals surface area contributed by atoms with Gasteiger partial charge in [-0.15, -0.1) is 0 Å². The summed E-state index contributed by atoms with van der Waals surface area (Å²) in [6, 6.07) is 0.528. The van der Waals surface area contributed by atoms with Crippen LogP contribution in [0.25, 0.3) is 11.2 Å². The summed E-state index contributed by atoms with van der Waals surface area (Å²) >= 11 is 0. The lowest BCUT2D eigenvalue weighted by Gasteiger charge is -2.33. The van der Waals surface area contributed by atoms with E-state index in [1.165, 1.54) is 0 Å². The Balaban J connectivity index is 1.71. The smallest absolute Gasteiger partial charge is 0.410 e. The second-order valence-corrected chi connectivity index (χ2v) is 8.65. The number of carbonyl (C=O) groups excluding carboxylic acids is 1. The Kier molecular flexibility index (Phi) is 5.76. The molecule has 1 aliphatic rings. The fourth-order valence-corrected chi connectivity index (χ4v) is 3.32. The molecule has 0 aliphatic carbocycles. The number of anilines is 1. The van der Waals surface area contributed by atoms with Gasteiger partial charge in [-0.25, -0.2) is 19.7 Å². The Morgan fingerprint density at radius 3 is 2.54 bits per heavy atom. The van der Waals surface area contributed by atoms with E-state index in [2.05, 4.69) is 45.6 Å². The SMILES string of the molecule is CCc1nc(NC2CCN(C(=O)OC(C)(C)C)CC2)c2ncn(C(C)C)c2n1. The van der Waals surface area contributed by atoms with Gasteiger partial charge in [0.2, 0.25) is 0 Å². The number of ether oxygens (including phenoxy) is 1. The molecule has 0 bridgehead atoms. The first-order chi connectivity index (χ1) is 13.2. The van der Waals surface area contributed by atoms with Crippen LogP contribution in [-0.2, 0) is 11.2 Å². The van der Waals surface area contributed by atoms with Crippen molar-refractivity contribution in [3.05, 3.63) is 12.2 Å². The third-order valence-electron chi connectivity index (χ3n) is 4.83. The fraction of sp³-hybridized carbons (Fsp3) is 0.700. The summed E-state index contributed by atoms with van der Waals surface area (Å²) in [7, 11) is 0. The number of piperidine rings is 1. The first-order valence-electron chi connectivity index (χ1n) is 10.2. The maximum Gasteiger partial charge on any atom is 0.410 e. The maximum atomic E-state index is 12.3. The molecule has 3 rings (SSSR count). The van der Waals surface area contributed by atoms with E-state index in [0.717, 1.165) is 42.1 Å². The number of hydrogen-bond acceptors (Lipinski definition) is 6. The molecule has 0 radical (unpaired) electrons. The first-order valence-corrected chi connectivity index (χ1v) is 10.2. The van der Waals surface area contributed by atoms with Crippen LogP contribution in [0.4, 0.5) is 10.6 Å². The van der Waals surface area contributed by atoms with Crippen molar-refractivity contribution in [2.45, 2.75) is 78.5 Å². The third-order valence-corrected chi connectivity index (χ3v) is 4.83. The van der Waals surface area contributed by atoms with Crippen LogP contribution in [0.2, 0.25) is 0 Å². The van der Waals surface area contributed by atoms with Crippen LogP contribution in [0.15, 0.2) is 6.33 Å². The van der Waals surface area contributed by atoms with E-state index in [1.807, 2.05) is 27.1 Å². The number of nitrogens with one attached hydrogen (secondary N) is 1. The average molecular weight is 389 g/mol. The van der Waals surface area contributed by atoms with Crippen LogP contribution in [0, 0.1) is 0 Å². The molecule has 1 saturated heterocycles. The first kappa shape index (κ1) is 20.4. The summed E-state index contributed by atoms with van der Waals surface area (Å²) in [4.78, 5) is 28.0. The van der Waals surface area contributed by atoms with Crippen LogP contribution in [0.3, 0.4) is 0 Å².